The van der Waals surface area contributed by atoms with E-state index < -0.39 is 0 Å². The summed E-state index contributed by atoms with van der Waals surface area (Å²) in [4.78, 5) is 0. The standard InChI is InChI=1S/C13H20N2O3/c1-8(2)13(15-14)9-6-11(17-4)12(18-5)7-10(9)16-3/h6-7,13,15H,1,14H2,2-5H3. The molecule has 100 valence electrons. The lowest BCUT2D eigenvalue weighted by molar-refractivity contribution is 0.346. The molecule has 0 aliphatic heterocycles. The van der Waals surface area contributed by atoms with Gasteiger partial charge in [-0.05, 0) is 13.0 Å². The smallest absolute Gasteiger partial charge is 0.164 e. The fraction of sp³-hybridized carbons (Fsp3) is 0.385. The number of rotatable bonds is 6. The van der Waals surface area contributed by atoms with E-state index in [1.165, 1.54) is 0 Å². The number of hydrazine groups is 1. The lowest BCUT2D eigenvalue weighted by Gasteiger charge is -2.21. The molecule has 5 heteroatoms. The average Bonchev–Trinajstić information content (AvgIpc) is 2.38. The van der Waals surface area contributed by atoms with Crippen LogP contribution in [-0.2, 0) is 0 Å². The van der Waals surface area contributed by atoms with Gasteiger partial charge in [-0.15, -0.1) is 0 Å². The van der Waals surface area contributed by atoms with Gasteiger partial charge in [-0.1, -0.05) is 12.2 Å². The van der Waals surface area contributed by atoms with E-state index in [4.69, 9.17) is 20.1 Å². The molecule has 0 amide bonds. The highest BCUT2D eigenvalue weighted by molar-refractivity contribution is 5.53. The van der Waals surface area contributed by atoms with Gasteiger partial charge in [-0.25, -0.2) is 5.43 Å². The zero-order chi connectivity index (χ0) is 13.7. The van der Waals surface area contributed by atoms with Crippen LogP contribution in [0.3, 0.4) is 0 Å². The first-order valence-corrected chi connectivity index (χ1v) is 5.50. The lowest BCUT2D eigenvalue weighted by Crippen LogP contribution is -2.29. The van der Waals surface area contributed by atoms with Crippen molar-refractivity contribution in [1.82, 2.24) is 5.43 Å². The molecule has 1 unspecified atom stereocenters. The highest BCUT2D eigenvalue weighted by Crippen LogP contribution is 2.38. The molecule has 18 heavy (non-hydrogen) atoms. The Labute approximate surface area is 107 Å². The zero-order valence-electron chi connectivity index (χ0n) is 11.2. The van der Waals surface area contributed by atoms with E-state index >= 15 is 0 Å². The van der Waals surface area contributed by atoms with Crippen LogP contribution in [0.2, 0.25) is 0 Å². The van der Waals surface area contributed by atoms with E-state index in [-0.39, 0.29) is 6.04 Å². The molecular weight excluding hydrogens is 232 g/mol. The van der Waals surface area contributed by atoms with Gasteiger partial charge in [0.25, 0.3) is 0 Å². The molecule has 0 aliphatic carbocycles. The Morgan fingerprint density at radius 3 is 2.00 bits per heavy atom. The molecule has 0 spiro atoms. The summed E-state index contributed by atoms with van der Waals surface area (Å²) in [5.74, 6) is 7.45. The molecular formula is C13H20N2O3. The Bertz CT molecular complexity index is 432. The Morgan fingerprint density at radius 1 is 1.11 bits per heavy atom. The summed E-state index contributed by atoms with van der Waals surface area (Å²) in [6, 6.07) is 3.39. The maximum Gasteiger partial charge on any atom is 0.164 e. The molecule has 3 N–H and O–H groups in total. The van der Waals surface area contributed by atoms with Crippen LogP contribution in [0.25, 0.3) is 0 Å². The second-order valence-corrected chi connectivity index (χ2v) is 3.90. The molecule has 1 atom stereocenters. The number of nitrogens with two attached hydrogens (primary N) is 1. The van der Waals surface area contributed by atoms with E-state index in [0.717, 1.165) is 11.1 Å². The van der Waals surface area contributed by atoms with Crippen LogP contribution in [-0.4, -0.2) is 21.3 Å². The van der Waals surface area contributed by atoms with Crippen molar-refractivity contribution in [3.8, 4) is 17.2 Å². The van der Waals surface area contributed by atoms with Crippen molar-refractivity contribution < 1.29 is 14.2 Å². The summed E-state index contributed by atoms with van der Waals surface area (Å²) in [5, 5.41) is 0. The first-order valence-electron chi connectivity index (χ1n) is 5.50. The van der Waals surface area contributed by atoms with Crippen molar-refractivity contribution in [2.24, 2.45) is 5.84 Å². The van der Waals surface area contributed by atoms with Gasteiger partial charge in [-0.2, -0.15) is 0 Å². The quantitative estimate of drug-likeness (QED) is 0.459. The van der Waals surface area contributed by atoms with Crippen molar-refractivity contribution in [3.05, 3.63) is 29.8 Å². The van der Waals surface area contributed by atoms with Crippen LogP contribution in [0, 0.1) is 0 Å². The SMILES string of the molecule is C=C(C)C(NN)c1cc(OC)c(OC)cc1OC. The van der Waals surface area contributed by atoms with Gasteiger partial charge in [0.1, 0.15) is 5.75 Å². The minimum absolute atomic E-state index is 0.209. The number of hydrogen-bond donors (Lipinski definition) is 2. The summed E-state index contributed by atoms with van der Waals surface area (Å²) in [6.45, 7) is 5.80. The minimum Gasteiger partial charge on any atom is -0.496 e. The van der Waals surface area contributed by atoms with E-state index in [2.05, 4.69) is 12.0 Å². The second-order valence-electron chi connectivity index (χ2n) is 3.90. The predicted molar refractivity (Wildman–Crippen MR) is 71.0 cm³/mol. The van der Waals surface area contributed by atoms with Gasteiger partial charge in [0.2, 0.25) is 0 Å². The number of benzene rings is 1. The van der Waals surface area contributed by atoms with E-state index in [1.54, 1.807) is 27.4 Å². The normalized spacial score (nSPS) is 11.8. The molecule has 0 fully saturated rings. The molecule has 0 saturated carbocycles. The summed E-state index contributed by atoms with van der Waals surface area (Å²) >= 11 is 0. The summed E-state index contributed by atoms with van der Waals surface area (Å²) in [7, 11) is 4.75. The van der Waals surface area contributed by atoms with Gasteiger partial charge in [-0.3, -0.25) is 5.84 Å². The molecule has 0 heterocycles. The third-order valence-electron chi connectivity index (χ3n) is 2.71. The minimum atomic E-state index is -0.209. The third kappa shape index (κ3) is 2.75. The van der Waals surface area contributed by atoms with E-state index in [1.807, 2.05) is 13.0 Å². The van der Waals surface area contributed by atoms with E-state index in [9.17, 15) is 0 Å². The Kier molecular flexibility index (Phi) is 5.00. The molecule has 0 bridgehead atoms. The molecule has 0 aliphatic rings. The van der Waals surface area contributed by atoms with Crippen LogP contribution < -0.4 is 25.5 Å². The van der Waals surface area contributed by atoms with Crippen LogP contribution in [0.4, 0.5) is 0 Å². The molecule has 5 nitrogen and oxygen atoms in total. The molecule has 0 aromatic heterocycles. The predicted octanol–water partition coefficient (Wildman–Crippen LogP) is 1.79. The number of hydrogen-bond acceptors (Lipinski definition) is 5. The number of methoxy groups -OCH3 is 3. The molecule has 1 aromatic rings. The summed E-state index contributed by atoms with van der Waals surface area (Å²) < 4.78 is 15.8. The van der Waals surface area contributed by atoms with Crippen molar-refractivity contribution in [2.45, 2.75) is 13.0 Å². The maximum absolute atomic E-state index is 5.55. The first kappa shape index (κ1) is 14.3. The molecule has 0 saturated heterocycles. The van der Waals surface area contributed by atoms with Gasteiger partial charge in [0.05, 0.1) is 27.4 Å². The highest BCUT2D eigenvalue weighted by Gasteiger charge is 2.19. The van der Waals surface area contributed by atoms with Crippen molar-refractivity contribution in [3.63, 3.8) is 0 Å². The van der Waals surface area contributed by atoms with Crippen LogP contribution >= 0.6 is 0 Å². The van der Waals surface area contributed by atoms with Crippen molar-refractivity contribution in [2.75, 3.05) is 21.3 Å². The average molecular weight is 252 g/mol. The fourth-order valence-corrected chi connectivity index (χ4v) is 1.78. The van der Waals surface area contributed by atoms with Gasteiger partial charge in [0, 0.05) is 11.6 Å². The highest BCUT2D eigenvalue weighted by atomic mass is 16.5. The summed E-state index contributed by atoms with van der Waals surface area (Å²) in [5.41, 5.74) is 4.44. The lowest BCUT2D eigenvalue weighted by atomic mass is 10.00. The monoisotopic (exact) mass is 252 g/mol. The van der Waals surface area contributed by atoms with Crippen LogP contribution in [0.15, 0.2) is 24.3 Å². The maximum atomic E-state index is 5.55. The number of ether oxygens (including phenoxy) is 3. The number of nitrogens with one attached hydrogen (secondary N) is 1. The molecule has 1 rings (SSSR count). The molecule has 0 radical (unpaired) electrons. The van der Waals surface area contributed by atoms with Gasteiger partial charge < -0.3 is 14.2 Å². The zero-order valence-corrected chi connectivity index (χ0v) is 11.2. The largest absolute Gasteiger partial charge is 0.496 e. The second kappa shape index (κ2) is 6.28. The van der Waals surface area contributed by atoms with Gasteiger partial charge in [0.15, 0.2) is 11.5 Å². The fourth-order valence-electron chi connectivity index (χ4n) is 1.78. The van der Waals surface area contributed by atoms with Crippen molar-refractivity contribution in [1.29, 1.82) is 0 Å². The Morgan fingerprint density at radius 2 is 1.61 bits per heavy atom. The van der Waals surface area contributed by atoms with E-state index in [0.29, 0.717) is 17.2 Å². The van der Waals surface area contributed by atoms with Gasteiger partial charge >= 0.3 is 0 Å². The topological polar surface area (TPSA) is 65.7 Å². The first-order chi connectivity index (χ1) is 8.58. The van der Waals surface area contributed by atoms with Crippen LogP contribution in [0.1, 0.15) is 18.5 Å². The molecule has 1 aromatic carbocycles. The van der Waals surface area contributed by atoms with Crippen LogP contribution in [0.5, 0.6) is 17.2 Å². The Hall–Kier alpha value is -1.72. The Balaban J connectivity index is 3.36. The summed E-state index contributed by atoms with van der Waals surface area (Å²) in [6.07, 6.45) is 0. The third-order valence-corrected chi connectivity index (χ3v) is 2.71. The van der Waals surface area contributed by atoms with Crippen molar-refractivity contribution >= 4 is 0 Å².